The standard InChI is InChI=1S/C21H29ClN2O.C5H8N2/c1-4-6-8-19(10-12-24-17(3)25)13-18(5-2)14-21(22)15-20-9-7-11-23-16-20;6-5-3-1-2-4-7-5/h4-6,8,13-15,20,23H,1-2,7,9-12,16H2,3H3,(H,24,25);1-5,7H,6H2/b8-6-,18-14+,19-13-,21-15-;/t20-;/m0./s1. The molecule has 2 aliphatic heterocycles. The van der Waals surface area contributed by atoms with Crippen molar-refractivity contribution in [2.45, 2.75) is 32.4 Å². The summed E-state index contributed by atoms with van der Waals surface area (Å²) in [5.41, 5.74) is 7.40. The highest BCUT2D eigenvalue weighted by molar-refractivity contribution is 6.31. The van der Waals surface area contributed by atoms with Crippen molar-refractivity contribution in [3.63, 3.8) is 0 Å². The first-order valence-electron chi connectivity index (χ1n) is 11.0. The highest BCUT2D eigenvalue weighted by Crippen LogP contribution is 2.19. The van der Waals surface area contributed by atoms with E-state index in [4.69, 9.17) is 17.3 Å². The van der Waals surface area contributed by atoms with E-state index in [9.17, 15) is 4.79 Å². The van der Waals surface area contributed by atoms with E-state index in [1.807, 2.05) is 48.7 Å². The van der Waals surface area contributed by atoms with Gasteiger partial charge in [-0.2, -0.15) is 0 Å². The Bertz CT molecular complexity index is 784. The molecule has 0 aliphatic carbocycles. The van der Waals surface area contributed by atoms with Crippen molar-refractivity contribution in [2.75, 3.05) is 19.6 Å². The van der Waals surface area contributed by atoms with Crippen LogP contribution in [-0.4, -0.2) is 31.7 Å². The van der Waals surface area contributed by atoms with E-state index in [1.54, 1.807) is 12.2 Å². The summed E-state index contributed by atoms with van der Waals surface area (Å²) in [5, 5.41) is 9.82. The molecule has 0 aromatic rings. The van der Waals surface area contributed by atoms with Gasteiger partial charge in [0.1, 0.15) is 0 Å². The Morgan fingerprint density at radius 2 is 2.12 bits per heavy atom. The first-order chi connectivity index (χ1) is 15.4. The molecule has 0 aromatic carbocycles. The molecule has 1 saturated heterocycles. The molecular formula is C26H37ClN4O. The number of dihydropyridines is 1. The first-order valence-corrected chi connectivity index (χ1v) is 11.3. The lowest BCUT2D eigenvalue weighted by Crippen LogP contribution is -2.32. The van der Waals surface area contributed by atoms with Crippen LogP contribution in [-0.2, 0) is 4.79 Å². The monoisotopic (exact) mass is 456 g/mol. The zero-order chi connectivity index (χ0) is 23.6. The number of nitrogens with one attached hydrogen (secondary N) is 3. The fraction of sp³-hybridized carbons (Fsp3) is 0.346. The van der Waals surface area contributed by atoms with E-state index in [2.05, 4.69) is 35.2 Å². The first kappa shape index (κ1) is 27.4. The van der Waals surface area contributed by atoms with E-state index in [-0.39, 0.29) is 12.1 Å². The van der Waals surface area contributed by atoms with Crippen LogP contribution in [0, 0.1) is 5.92 Å². The van der Waals surface area contributed by atoms with Crippen molar-refractivity contribution >= 4 is 17.5 Å². The lowest BCUT2D eigenvalue weighted by atomic mass is 9.99. The third-order valence-corrected chi connectivity index (χ3v) is 4.91. The molecule has 1 amide bonds. The molecule has 6 heteroatoms. The molecule has 32 heavy (non-hydrogen) atoms. The number of piperidine rings is 1. The summed E-state index contributed by atoms with van der Waals surface area (Å²) in [4.78, 5) is 11.0. The summed E-state index contributed by atoms with van der Waals surface area (Å²) in [7, 11) is 0. The van der Waals surface area contributed by atoms with Gasteiger partial charge in [-0.15, -0.1) is 0 Å². The van der Waals surface area contributed by atoms with Gasteiger partial charge < -0.3 is 21.7 Å². The summed E-state index contributed by atoms with van der Waals surface area (Å²) >= 11 is 6.41. The third-order valence-electron chi connectivity index (χ3n) is 4.67. The number of halogens is 1. The van der Waals surface area contributed by atoms with Crippen LogP contribution in [0.1, 0.15) is 26.2 Å². The van der Waals surface area contributed by atoms with Crippen LogP contribution in [0.4, 0.5) is 0 Å². The average Bonchev–Trinajstić information content (AvgIpc) is 2.78. The van der Waals surface area contributed by atoms with Gasteiger partial charge in [-0.1, -0.05) is 67.3 Å². The van der Waals surface area contributed by atoms with Crippen molar-refractivity contribution in [2.24, 2.45) is 11.7 Å². The Morgan fingerprint density at radius 3 is 2.66 bits per heavy atom. The SMILES string of the molecule is C=C\C=C/C(=C/C(C=C)=C/C(Cl)=C/[C@@H]1CCCNC1)CCNC(C)=O.NC1C=CC=CN1. The minimum absolute atomic E-state index is 0.0185. The molecule has 0 bridgehead atoms. The molecule has 1 fully saturated rings. The second kappa shape index (κ2) is 17.0. The maximum atomic E-state index is 11.0. The molecule has 0 spiro atoms. The number of hydrogen-bond donors (Lipinski definition) is 4. The van der Waals surface area contributed by atoms with Crippen molar-refractivity contribution in [1.82, 2.24) is 16.0 Å². The topological polar surface area (TPSA) is 79.2 Å². The minimum atomic E-state index is -0.0291. The maximum absolute atomic E-state index is 11.0. The molecule has 5 nitrogen and oxygen atoms in total. The van der Waals surface area contributed by atoms with E-state index >= 15 is 0 Å². The van der Waals surface area contributed by atoms with Gasteiger partial charge in [-0.05, 0) is 67.3 Å². The summed E-state index contributed by atoms with van der Waals surface area (Å²) in [5.74, 6) is 0.450. The maximum Gasteiger partial charge on any atom is 0.216 e. The Labute approximate surface area is 198 Å². The number of hydrogen-bond acceptors (Lipinski definition) is 4. The number of carbonyl (C=O) groups is 1. The smallest absolute Gasteiger partial charge is 0.216 e. The third kappa shape index (κ3) is 13.7. The van der Waals surface area contributed by atoms with Gasteiger partial charge in [-0.25, -0.2) is 0 Å². The van der Waals surface area contributed by atoms with Gasteiger partial charge in [0.05, 0.1) is 6.17 Å². The predicted molar refractivity (Wildman–Crippen MR) is 138 cm³/mol. The lowest BCUT2D eigenvalue weighted by Gasteiger charge is -2.19. The zero-order valence-electron chi connectivity index (χ0n) is 19.0. The Balaban J connectivity index is 0.000000616. The van der Waals surface area contributed by atoms with E-state index in [0.717, 1.165) is 35.7 Å². The fourth-order valence-corrected chi connectivity index (χ4v) is 3.37. The number of amides is 1. The quantitative estimate of drug-likeness (QED) is 0.389. The van der Waals surface area contributed by atoms with Gasteiger partial charge in [0.15, 0.2) is 0 Å². The molecule has 0 aromatic heterocycles. The van der Waals surface area contributed by atoms with E-state index < -0.39 is 0 Å². The van der Waals surface area contributed by atoms with Crippen molar-refractivity contribution < 1.29 is 4.79 Å². The molecule has 2 heterocycles. The van der Waals surface area contributed by atoms with Crippen molar-refractivity contribution in [3.8, 4) is 0 Å². The number of rotatable bonds is 9. The van der Waals surface area contributed by atoms with Crippen LogP contribution < -0.4 is 21.7 Å². The second-order valence-corrected chi connectivity index (χ2v) is 7.93. The van der Waals surface area contributed by atoms with Crippen LogP contribution in [0.15, 0.2) is 96.3 Å². The second-order valence-electron chi connectivity index (χ2n) is 7.49. The summed E-state index contributed by atoms with van der Waals surface area (Å²) in [6.45, 7) is 11.7. The van der Waals surface area contributed by atoms with E-state index in [0.29, 0.717) is 12.5 Å². The lowest BCUT2D eigenvalue weighted by molar-refractivity contribution is -0.118. The fourth-order valence-electron chi connectivity index (χ4n) is 3.07. The molecule has 5 N–H and O–H groups in total. The molecule has 2 aliphatic rings. The van der Waals surface area contributed by atoms with Crippen molar-refractivity contribution in [1.29, 1.82) is 0 Å². The van der Waals surface area contributed by atoms with Gasteiger partial charge in [0.2, 0.25) is 5.91 Å². The highest BCUT2D eigenvalue weighted by atomic mass is 35.5. The predicted octanol–water partition coefficient (Wildman–Crippen LogP) is 4.36. The summed E-state index contributed by atoms with van der Waals surface area (Å²) < 4.78 is 0. The largest absolute Gasteiger partial charge is 0.373 e. The summed E-state index contributed by atoms with van der Waals surface area (Å²) in [6.07, 6.45) is 24.1. The molecule has 1 unspecified atom stereocenters. The van der Waals surface area contributed by atoms with Crippen LogP contribution in [0.25, 0.3) is 0 Å². The molecule has 2 rings (SSSR count). The summed E-state index contributed by atoms with van der Waals surface area (Å²) in [6, 6.07) is 0. The minimum Gasteiger partial charge on any atom is -0.373 e. The Kier molecular flexibility index (Phi) is 14.6. The molecule has 2 atom stereocenters. The zero-order valence-corrected chi connectivity index (χ0v) is 19.8. The van der Waals surface area contributed by atoms with Crippen molar-refractivity contribution in [3.05, 3.63) is 96.3 Å². The normalized spacial score (nSPS) is 21.4. The molecular weight excluding hydrogens is 420 g/mol. The highest BCUT2D eigenvalue weighted by Gasteiger charge is 2.10. The number of nitrogens with two attached hydrogens (primary N) is 1. The molecule has 0 saturated carbocycles. The Morgan fingerprint density at radius 1 is 1.31 bits per heavy atom. The van der Waals surface area contributed by atoms with Gasteiger partial charge in [0, 0.05) is 25.0 Å². The number of carbonyl (C=O) groups excluding carboxylic acids is 1. The molecule has 0 radical (unpaired) electrons. The van der Waals surface area contributed by atoms with Crippen LogP contribution >= 0.6 is 11.6 Å². The average molecular weight is 457 g/mol. The Hall–Kier alpha value is -2.60. The van der Waals surface area contributed by atoms with Crippen LogP contribution in [0.5, 0.6) is 0 Å². The molecule has 174 valence electrons. The van der Waals surface area contributed by atoms with Gasteiger partial charge in [-0.3, -0.25) is 4.79 Å². The van der Waals surface area contributed by atoms with Gasteiger partial charge in [0.25, 0.3) is 0 Å². The van der Waals surface area contributed by atoms with Crippen LogP contribution in [0.2, 0.25) is 0 Å². The van der Waals surface area contributed by atoms with E-state index in [1.165, 1.54) is 19.8 Å². The number of allylic oxidation sites excluding steroid dienone is 10. The van der Waals surface area contributed by atoms with Crippen LogP contribution in [0.3, 0.4) is 0 Å². The van der Waals surface area contributed by atoms with Gasteiger partial charge >= 0.3 is 0 Å².